The molecule has 0 fully saturated rings. The number of allylic oxidation sites excluding steroid dienone is 1. The van der Waals surface area contributed by atoms with Crippen LogP contribution in [-0.2, 0) is 11.2 Å². The first-order valence-electron chi connectivity index (χ1n) is 7.59. The Balaban J connectivity index is 2.57. The Morgan fingerprint density at radius 1 is 1.35 bits per heavy atom. The van der Waals surface area contributed by atoms with Crippen molar-refractivity contribution in [2.45, 2.75) is 32.7 Å². The fourth-order valence-corrected chi connectivity index (χ4v) is 3.19. The lowest BCUT2D eigenvalue weighted by atomic mass is 9.61. The molecular weight excluding hydrogens is 292 g/mol. The minimum absolute atomic E-state index is 0.0584. The van der Waals surface area contributed by atoms with Crippen molar-refractivity contribution >= 4 is 18.1 Å². The van der Waals surface area contributed by atoms with Gasteiger partial charge in [0.2, 0.25) is 5.91 Å². The quantitative estimate of drug-likeness (QED) is 0.844. The lowest BCUT2D eigenvalue weighted by molar-refractivity contribution is -0.132. The first kappa shape index (κ1) is 16.9. The minimum Gasteiger partial charge on any atom is -0.478 e. The van der Waals surface area contributed by atoms with Gasteiger partial charge in [-0.3, -0.25) is 9.79 Å². The Morgan fingerprint density at radius 2 is 2.00 bits per heavy atom. The molecule has 0 saturated heterocycles. The van der Waals surface area contributed by atoms with Crippen LogP contribution in [-0.4, -0.2) is 28.7 Å². The zero-order chi connectivity index (χ0) is 17.3. The summed E-state index contributed by atoms with van der Waals surface area (Å²) in [6.45, 7) is 5.66. The third kappa shape index (κ3) is 2.67. The number of hydrogen-bond donors (Lipinski definition) is 2. The second-order valence-corrected chi connectivity index (χ2v) is 6.42. The summed E-state index contributed by atoms with van der Waals surface area (Å²) in [4.78, 5) is 28.3. The molecule has 1 aromatic rings. The highest BCUT2D eigenvalue weighted by Crippen LogP contribution is 2.46. The Hall–Kier alpha value is -2.43. The molecule has 1 heterocycles. The number of carbonyl (C=O) groups is 2. The molecular formula is C18H22N2O3. The number of nitrogens with two attached hydrogens (primary N) is 1. The Labute approximate surface area is 135 Å². The van der Waals surface area contributed by atoms with Crippen LogP contribution in [0, 0.1) is 11.3 Å². The molecule has 1 aromatic carbocycles. The molecule has 23 heavy (non-hydrogen) atoms. The number of nitrogens with zero attached hydrogens (tertiary/aromatic N) is 1. The summed E-state index contributed by atoms with van der Waals surface area (Å²) >= 11 is 0. The molecule has 5 heteroatoms. The maximum absolute atomic E-state index is 12.3. The van der Waals surface area contributed by atoms with Gasteiger partial charge >= 0.3 is 5.97 Å². The Morgan fingerprint density at radius 3 is 2.48 bits per heavy atom. The number of hydrogen-bond acceptors (Lipinski definition) is 3. The molecule has 0 spiro atoms. The second-order valence-electron chi connectivity index (χ2n) is 6.42. The van der Waals surface area contributed by atoms with Crippen LogP contribution < -0.4 is 5.73 Å². The summed E-state index contributed by atoms with van der Waals surface area (Å²) in [6, 6.07) is 6.79. The second kappa shape index (κ2) is 5.99. The van der Waals surface area contributed by atoms with E-state index in [1.54, 1.807) is 43.5 Å². The average molecular weight is 314 g/mol. The molecule has 0 saturated carbocycles. The zero-order valence-corrected chi connectivity index (χ0v) is 13.6. The molecule has 5 nitrogen and oxygen atoms in total. The summed E-state index contributed by atoms with van der Waals surface area (Å²) < 4.78 is 0. The molecule has 0 aromatic heterocycles. The van der Waals surface area contributed by atoms with Gasteiger partial charge in [0.15, 0.2) is 0 Å². The lowest BCUT2D eigenvalue weighted by Crippen LogP contribution is -2.55. The van der Waals surface area contributed by atoms with Crippen molar-refractivity contribution < 1.29 is 14.7 Å². The highest BCUT2D eigenvalue weighted by Gasteiger charge is 2.53. The fraction of sp³-hybridized carbons (Fsp3) is 0.389. The van der Waals surface area contributed by atoms with Crippen LogP contribution in [0.1, 0.15) is 36.7 Å². The van der Waals surface area contributed by atoms with Gasteiger partial charge in [0.1, 0.15) is 0 Å². The topological polar surface area (TPSA) is 92.8 Å². The van der Waals surface area contributed by atoms with E-state index < -0.39 is 22.8 Å². The maximum Gasteiger partial charge on any atom is 0.335 e. The number of carbonyl (C=O) groups excluding carboxylic acids is 1. The third-order valence-electron chi connectivity index (χ3n) is 5.04. The van der Waals surface area contributed by atoms with Gasteiger partial charge in [0.25, 0.3) is 0 Å². The van der Waals surface area contributed by atoms with Gasteiger partial charge in [-0.1, -0.05) is 38.1 Å². The number of carboxylic acid groups (broad SMARTS) is 1. The molecule has 1 aliphatic heterocycles. The van der Waals surface area contributed by atoms with Gasteiger partial charge in [-0.25, -0.2) is 4.79 Å². The van der Waals surface area contributed by atoms with Gasteiger partial charge < -0.3 is 10.8 Å². The number of aromatic carboxylic acids is 1. The predicted octanol–water partition coefficient (Wildman–Crippen LogP) is 2.45. The van der Waals surface area contributed by atoms with Crippen LogP contribution in [0.3, 0.4) is 0 Å². The molecule has 0 radical (unpaired) electrons. The van der Waals surface area contributed by atoms with E-state index in [0.717, 1.165) is 0 Å². The molecule has 2 atom stereocenters. The number of primary amides is 1. The smallest absolute Gasteiger partial charge is 0.335 e. The zero-order valence-electron chi connectivity index (χ0n) is 13.6. The summed E-state index contributed by atoms with van der Waals surface area (Å²) in [7, 11) is 0. The Kier molecular flexibility index (Phi) is 4.41. The summed E-state index contributed by atoms with van der Waals surface area (Å²) in [5, 5.41) is 9.40. The SMILES string of the molecule is CC(C)C(C)(C(N)=O)C1(Cc2ccccc2C(=O)O)C=CC=N1. The van der Waals surface area contributed by atoms with Gasteiger partial charge in [0.05, 0.1) is 16.5 Å². The van der Waals surface area contributed by atoms with Crippen molar-refractivity contribution in [3.8, 4) is 0 Å². The molecule has 122 valence electrons. The average Bonchev–Trinajstić information content (AvgIpc) is 2.96. The van der Waals surface area contributed by atoms with Crippen LogP contribution in [0.15, 0.2) is 41.4 Å². The fourth-order valence-electron chi connectivity index (χ4n) is 3.19. The highest BCUT2D eigenvalue weighted by atomic mass is 16.4. The van der Waals surface area contributed by atoms with Crippen molar-refractivity contribution in [3.63, 3.8) is 0 Å². The first-order chi connectivity index (χ1) is 10.7. The van der Waals surface area contributed by atoms with Gasteiger partial charge in [-0.05, 0) is 30.5 Å². The van der Waals surface area contributed by atoms with Gasteiger partial charge in [-0.2, -0.15) is 0 Å². The van der Waals surface area contributed by atoms with Crippen LogP contribution in [0.4, 0.5) is 0 Å². The van der Waals surface area contributed by atoms with Gasteiger partial charge in [-0.15, -0.1) is 0 Å². The summed E-state index contributed by atoms with van der Waals surface area (Å²) in [5.41, 5.74) is 4.78. The predicted molar refractivity (Wildman–Crippen MR) is 89.6 cm³/mol. The van der Waals surface area contributed by atoms with Crippen LogP contribution in [0.5, 0.6) is 0 Å². The largest absolute Gasteiger partial charge is 0.478 e. The number of amides is 1. The van der Waals surface area contributed by atoms with E-state index in [1.807, 2.05) is 19.9 Å². The normalized spacial score (nSPS) is 22.3. The van der Waals surface area contributed by atoms with E-state index in [2.05, 4.69) is 4.99 Å². The molecule has 0 bridgehead atoms. The van der Waals surface area contributed by atoms with Crippen molar-refractivity contribution in [2.24, 2.45) is 22.1 Å². The van der Waals surface area contributed by atoms with Crippen molar-refractivity contribution in [3.05, 3.63) is 47.5 Å². The van der Waals surface area contributed by atoms with E-state index in [9.17, 15) is 14.7 Å². The molecule has 2 rings (SSSR count). The molecule has 0 aliphatic carbocycles. The highest BCUT2D eigenvalue weighted by molar-refractivity contribution is 5.90. The summed E-state index contributed by atoms with van der Waals surface area (Å²) in [6.07, 6.45) is 5.59. The number of carboxylic acids is 1. The van der Waals surface area contributed by atoms with E-state index in [-0.39, 0.29) is 11.5 Å². The first-order valence-corrected chi connectivity index (χ1v) is 7.59. The summed E-state index contributed by atoms with van der Waals surface area (Å²) in [5.74, 6) is -1.49. The minimum atomic E-state index is -0.993. The van der Waals surface area contributed by atoms with E-state index in [0.29, 0.717) is 12.0 Å². The molecule has 1 amide bonds. The standard InChI is InChI=1S/C18H22N2O3/c1-12(2)17(3,16(19)23)18(9-6-10-20-18)11-13-7-4-5-8-14(13)15(21)22/h4-10,12H,11H2,1-3H3,(H2,19,23)(H,21,22). The van der Waals surface area contributed by atoms with E-state index in [4.69, 9.17) is 5.73 Å². The van der Waals surface area contributed by atoms with Crippen molar-refractivity contribution in [1.29, 1.82) is 0 Å². The van der Waals surface area contributed by atoms with E-state index in [1.165, 1.54) is 0 Å². The van der Waals surface area contributed by atoms with Crippen LogP contribution >= 0.6 is 0 Å². The molecule has 3 N–H and O–H groups in total. The van der Waals surface area contributed by atoms with Crippen LogP contribution in [0.2, 0.25) is 0 Å². The van der Waals surface area contributed by atoms with E-state index >= 15 is 0 Å². The maximum atomic E-state index is 12.3. The molecule has 1 aliphatic rings. The van der Waals surface area contributed by atoms with Gasteiger partial charge in [0, 0.05) is 12.6 Å². The van der Waals surface area contributed by atoms with Crippen molar-refractivity contribution in [1.82, 2.24) is 0 Å². The lowest BCUT2D eigenvalue weighted by Gasteiger charge is -2.44. The number of aliphatic imine (C=N–C) groups is 1. The number of rotatable bonds is 6. The van der Waals surface area contributed by atoms with Crippen LogP contribution in [0.25, 0.3) is 0 Å². The third-order valence-corrected chi connectivity index (χ3v) is 5.04. The number of benzene rings is 1. The van der Waals surface area contributed by atoms with Crippen molar-refractivity contribution in [2.75, 3.05) is 0 Å². The molecule has 2 unspecified atom stereocenters. The Bertz CT molecular complexity index is 679. The monoisotopic (exact) mass is 314 g/mol.